The molecule has 0 saturated heterocycles. The molecule has 0 amide bonds. The van der Waals surface area contributed by atoms with Gasteiger partial charge in [0.15, 0.2) is 0 Å². The number of para-hydroxylation sites is 1. The lowest BCUT2D eigenvalue weighted by molar-refractivity contribution is 0.429. The van der Waals surface area contributed by atoms with Gasteiger partial charge in [-0.1, -0.05) is 31.4 Å². The molecule has 0 N–H and O–H groups in total. The number of hydrogen-bond acceptors (Lipinski definition) is 1. The summed E-state index contributed by atoms with van der Waals surface area (Å²) in [6.07, 6.45) is 0. The molecule has 0 unspecified atom stereocenters. The third-order valence-electron chi connectivity index (χ3n) is 1.63. The fourth-order valence-electron chi connectivity index (χ4n) is 1.10. The van der Waals surface area contributed by atoms with Crippen molar-refractivity contribution in [3.63, 3.8) is 0 Å². The number of ether oxygens (including phenoxy) is 1. The predicted octanol–water partition coefficient (Wildman–Crippen LogP) is 3.63. The van der Waals surface area contributed by atoms with Crippen molar-refractivity contribution in [3.05, 3.63) is 48.7 Å². The molecule has 0 aliphatic carbocycles. The van der Waals surface area contributed by atoms with Gasteiger partial charge in [0, 0.05) is 5.56 Å². The summed E-state index contributed by atoms with van der Waals surface area (Å²) in [5.41, 5.74) is 2.03. The molecule has 0 fully saturated rings. The minimum absolute atomic E-state index is 0.689. The van der Waals surface area contributed by atoms with Crippen LogP contribution in [-0.4, -0.2) is 0 Å². The van der Waals surface area contributed by atoms with E-state index in [1.807, 2.05) is 38.1 Å². The lowest BCUT2D eigenvalue weighted by Gasteiger charge is -2.09. The summed E-state index contributed by atoms with van der Waals surface area (Å²) in [7, 11) is 0. The molecule has 68 valence electrons. The van der Waals surface area contributed by atoms with Gasteiger partial charge in [-0.3, -0.25) is 0 Å². The topological polar surface area (TPSA) is 9.23 Å². The van der Waals surface area contributed by atoms with E-state index in [4.69, 9.17) is 4.74 Å². The third-order valence-corrected chi connectivity index (χ3v) is 1.63. The average molecular weight is 174 g/mol. The fraction of sp³-hybridized carbons (Fsp3) is 0.167. The Labute approximate surface area is 79.4 Å². The van der Waals surface area contributed by atoms with E-state index in [0.717, 1.165) is 16.9 Å². The molecule has 1 nitrogen and oxygen atoms in total. The molecule has 0 heterocycles. The second-order valence-electron chi connectivity index (χ2n) is 3.08. The van der Waals surface area contributed by atoms with Crippen molar-refractivity contribution >= 4 is 5.57 Å². The van der Waals surface area contributed by atoms with Crippen LogP contribution in [0.2, 0.25) is 0 Å². The van der Waals surface area contributed by atoms with Gasteiger partial charge in [0.1, 0.15) is 5.75 Å². The van der Waals surface area contributed by atoms with Crippen molar-refractivity contribution in [3.8, 4) is 5.75 Å². The van der Waals surface area contributed by atoms with Crippen LogP contribution in [0.1, 0.15) is 19.4 Å². The quantitative estimate of drug-likeness (QED) is 0.636. The molecule has 0 bridgehead atoms. The standard InChI is InChI=1S/C12H14O/c1-9(2)11-7-5-6-8-12(11)13-10(3)4/h5-8H,1,3H2,2,4H3. The lowest BCUT2D eigenvalue weighted by atomic mass is 10.1. The maximum atomic E-state index is 5.45. The number of hydrogen-bond donors (Lipinski definition) is 0. The molecular formula is C12H14O. The highest BCUT2D eigenvalue weighted by Gasteiger charge is 2.02. The zero-order valence-electron chi connectivity index (χ0n) is 8.13. The Kier molecular flexibility index (Phi) is 2.91. The number of allylic oxidation sites excluding steroid dienone is 2. The molecular weight excluding hydrogens is 160 g/mol. The molecule has 1 aromatic carbocycles. The fourth-order valence-corrected chi connectivity index (χ4v) is 1.10. The van der Waals surface area contributed by atoms with E-state index in [1.54, 1.807) is 0 Å². The van der Waals surface area contributed by atoms with Gasteiger partial charge >= 0.3 is 0 Å². The summed E-state index contributed by atoms with van der Waals surface area (Å²) in [6.45, 7) is 11.4. The first kappa shape index (κ1) is 9.59. The Morgan fingerprint density at radius 1 is 1.15 bits per heavy atom. The van der Waals surface area contributed by atoms with Gasteiger partial charge in [0.2, 0.25) is 0 Å². The smallest absolute Gasteiger partial charge is 0.134 e. The van der Waals surface area contributed by atoms with E-state index in [0.29, 0.717) is 5.76 Å². The molecule has 1 heteroatoms. The summed E-state index contributed by atoms with van der Waals surface area (Å²) < 4.78 is 5.45. The Morgan fingerprint density at radius 3 is 2.31 bits per heavy atom. The first-order chi connectivity index (χ1) is 6.11. The maximum absolute atomic E-state index is 5.45. The van der Waals surface area contributed by atoms with Gasteiger partial charge in [0.05, 0.1) is 5.76 Å². The normalized spacial score (nSPS) is 9.38. The Balaban J connectivity index is 3.04. The Hall–Kier alpha value is -1.50. The van der Waals surface area contributed by atoms with Gasteiger partial charge in [-0.05, 0) is 25.5 Å². The summed E-state index contributed by atoms with van der Waals surface area (Å²) in [5, 5.41) is 0. The molecule has 0 spiro atoms. The lowest BCUT2D eigenvalue weighted by Crippen LogP contribution is -1.92. The number of benzene rings is 1. The zero-order valence-corrected chi connectivity index (χ0v) is 8.13. The van der Waals surface area contributed by atoms with Crippen molar-refractivity contribution in [1.82, 2.24) is 0 Å². The molecule has 13 heavy (non-hydrogen) atoms. The van der Waals surface area contributed by atoms with Crippen LogP contribution in [-0.2, 0) is 0 Å². The van der Waals surface area contributed by atoms with E-state index >= 15 is 0 Å². The second kappa shape index (κ2) is 3.94. The summed E-state index contributed by atoms with van der Waals surface area (Å²) >= 11 is 0. The van der Waals surface area contributed by atoms with Crippen LogP contribution in [0.15, 0.2) is 43.2 Å². The second-order valence-corrected chi connectivity index (χ2v) is 3.08. The molecule has 0 aliphatic rings. The van der Waals surface area contributed by atoms with Crippen molar-refractivity contribution in [1.29, 1.82) is 0 Å². The van der Waals surface area contributed by atoms with E-state index < -0.39 is 0 Å². The average Bonchev–Trinajstić information content (AvgIpc) is 2.03. The van der Waals surface area contributed by atoms with Crippen molar-refractivity contribution < 1.29 is 4.74 Å². The van der Waals surface area contributed by atoms with Crippen LogP contribution in [0.4, 0.5) is 0 Å². The molecule has 0 atom stereocenters. The molecule has 1 rings (SSSR count). The molecule has 0 saturated carbocycles. The van der Waals surface area contributed by atoms with Crippen LogP contribution in [0.5, 0.6) is 5.75 Å². The Morgan fingerprint density at radius 2 is 1.77 bits per heavy atom. The van der Waals surface area contributed by atoms with Gasteiger partial charge < -0.3 is 4.74 Å². The Bertz CT molecular complexity index is 337. The van der Waals surface area contributed by atoms with Crippen LogP contribution in [0, 0.1) is 0 Å². The van der Waals surface area contributed by atoms with Crippen molar-refractivity contribution in [2.24, 2.45) is 0 Å². The van der Waals surface area contributed by atoms with E-state index in [2.05, 4.69) is 13.2 Å². The van der Waals surface area contributed by atoms with Crippen LogP contribution >= 0.6 is 0 Å². The largest absolute Gasteiger partial charge is 0.462 e. The maximum Gasteiger partial charge on any atom is 0.134 e. The van der Waals surface area contributed by atoms with Crippen LogP contribution < -0.4 is 4.74 Å². The van der Waals surface area contributed by atoms with Crippen molar-refractivity contribution in [2.75, 3.05) is 0 Å². The van der Waals surface area contributed by atoms with Gasteiger partial charge in [-0.25, -0.2) is 0 Å². The molecule has 0 aliphatic heterocycles. The van der Waals surface area contributed by atoms with Crippen LogP contribution in [0.25, 0.3) is 5.57 Å². The summed E-state index contributed by atoms with van der Waals surface area (Å²) in [5.74, 6) is 1.51. The summed E-state index contributed by atoms with van der Waals surface area (Å²) in [6, 6.07) is 7.80. The zero-order chi connectivity index (χ0) is 9.84. The molecule has 0 radical (unpaired) electrons. The van der Waals surface area contributed by atoms with Crippen LogP contribution in [0.3, 0.4) is 0 Å². The minimum atomic E-state index is 0.689. The van der Waals surface area contributed by atoms with E-state index in [9.17, 15) is 0 Å². The van der Waals surface area contributed by atoms with Gasteiger partial charge in [0.25, 0.3) is 0 Å². The summed E-state index contributed by atoms with van der Waals surface area (Å²) in [4.78, 5) is 0. The number of rotatable bonds is 3. The van der Waals surface area contributed by atoms with E-state index in [-0.39, 0.29) is 0 Å². The predicted molar refractivity (Wildman–Crippen MR) is 56.6 cm³/mol. The third kappa shape index (κ3) is 2.48. The highest BCUT2D eigenvalue weighted by molar-refractivity contribution is 5.67. The minimum Gasteiger partial charge on any atom is -0.462 e. The first-order valence-corrected chi connectivity index (χ1v) is 4.19. The SMILES string of the molecule is C=C(C)Oc1ccccc1C(=C)C. The van der Waals surface area contributed by atoms with E-state index in [1.165, 1.54) is 0 Å². The molecule has 1 aromatic rings. The monoisotopic (exact) mass is 174 g/mol. The highest BCUT2D eigenvalue weighted by atomic mass is 16.5. The van der Waals surface area contributed by atoms with Gasteiger partial charge in [-0.15, -0.1) is 0 Å². The van der Waals surface area contributed by atoms with Crippen molar-refractivity contribution in [2.45, 2.75) is 13.8 Å². The molecule has 0 aromatic heterocycles. The first-order valence-electron chi connectivity index (χ1n) is 4.19. The highest BCUT2D eigenvalue weighted by Crippen LogP contribution is 2.25. The van der Waals surface area contributed by atoms with Gasteiger partial charge in [-0.2, -0.15) is 0 Å².